The first-order valence-corrected chi connectivity index (χ1v) is 8.90. The van der Waals surface area contributed by atoms with E-state index < -0.39 is 0 Å². The van der Waals surface area contributed by atoms with Gasteiger partial charge in [0.2, 0.25) is 5.91 Å². The smallest absolute Gasteiger partial charge is 0.248 e. The predicted octanol–water partition coefficient (Wildman–Crippen LogP) is 5.64. The Hall–Kier alpha value is -2.55. The minimum absolute atomic E-state index is 0.146. The van der Waals surface area contributed by atoms with Crippen LogP contribution in [0, 0.1) is 0 Å². The van der Waals surface area contributed by atoms with Crippen LogP contribution in [0.2, 0.25) is 0 Å². The van der Waals surface area contributed by atoms with Gasteiger partial charge in [0.25, 0.3) is 0 Å². The number of anilines is 1. The number of nitrogens with one attached hydrogen (secondary N) is 1. The third-order valence-electron chi connectivity index (χ3n) is 3.92. The molecule has 0 unspecified atom stereocenters. The molecule has 132 valence electrons. The number of hydrogen-bond acceptors (Lipinski definition) is 2. The van der Waals surface area contributed by atoms with Crippen LogP contribution in [0.1, 0.15) is 50.7 Å². The Balaban J connectivity index is 1.86. The molecular weight excluding hydrogens is 310 g/mol. The van der Waals surface area contributed by atoms with Crippen molar-refractivity contribution < 1.29 is 9.53 Å². The third kappa shape index (κ3) is 6.46. The highest BCUT2D eigenvalue weighted by Gasteiger charge is 2.00. The largest absolute Gasteiger partial charge is 0.494 e. The highest BCUT2D eigenvalue weighted by molar-refractivity contribution is 6.01. The van der Waals surface area contributed by atoms with E-state index in [1.54, 1.807) is 6.08 Å². The van der Waals surface area contributed by atoms with Crippen LogP contribution in [-0.2, 0) is 4.79 Å². The normalized spacial score (nSPS) is 11.0. The molecule has 2 aromatic rings. The summed E-state index contributed by atoms with van der Waals surface area (Å²) in [5.74, 6) is 1.19. The highest BCUT2D eigenvalue weighted by atomic mass is 16.5. The Bertz CT molecular complexity index is 685. The zero-order chi connectivity index (χ0) is 18.1. The fourth-order valence-corrected chi connectivity index (χ4v) is 2.32. The average molecular weight is 337 g/mol. The summed E-state index contributed by atoms with van der Waals surface area (Å²) in [6, 6.07) is 15.7. The second kappa shape index (κ2) is 9.67. The van der Waals surface area contributed by atoms with Crippen LogP contribution in [-0.4, -0.2) is 12.5 Å². The summed E-state index contributed by atoms with van der Waals surface area (Å²) in [5.41, 5.74) is 3.06. The van der Waals surface area contributed by atoms with Gasteiger partial charge in [-0.2, -0.15) is 0 Å². The molecule has 1 N–H and O–H groups in total. The van der Waals surface area contributed by atoms with Crippen molar-refractivity contribution >= 4 is 17.7 Å². The predicted molar refractivity (Wildman–Crippen MR) is 105 cm³/mol. The second-order valence-electron chi connectivity index (χ2n) is 6.37. The maximum Gasteiger partial charge on any atom is 0.248 e. The first-order valence-electron chi connectivity index (χ1n) is 8.90. The maximum atomic E-state index is 12.0. The van der Waals surface area contributed by atoms with Gasteiger partial charge in [-0.05, 0) is 53.8 Å². The summed E-state index contributed by atoms with van der Waals surface area (Å²) in [5, 5.41) is 2.85. The lowest BCUT2D eigenvalue weighted by atomic mass is 10.0. The first-order chi connectivity index (χ1) is 12.1. The van der Waals surface area contributed by atoms with Gasteiger partial charge in [-0.3, -0.25) is 4.79 Å². The van der Waals surface area contributed by atoms with Gasteiger partial charge in [-0.25, -0.2) is 0 Å². The topological polar surface area (TPSA) is 38.3 Å². The number of carbonyl (C=O) groups is 1. The van der Waals surface area contributed by atoms with Crippen LogP contribution in [0.5, 0.6) is 5.75 Å². The van der Waals surface area contributed by atoms with E-state index in [1.807, 2.05) is 42.5 Å². The summed E-state index contributed by atoms with van der Waals surface area (Å²) >= 11 is 0. The number of amides is 1. The van der Waals surface area contributed by atoms with E-state index in [0.29, 0.717) is 5.92 Å². The molecule has 0 aliphatic heterocycles. The quantitative estimate of drug-likeness (QED) is 0.500. The van der Waals surface area contributed by atoms with Crippen molar-refractivity contribution in [2.75, 3.05) is 11.9 Å². The lowest BCUT2D eigenvalue weighted by molar-refractivity contribution is -0.111. The van der Waals surface area contributed by atoms with Crippen molar-refractivity contribution in [3.8, 4) is 5.75 Å². The van der Waals surface area contributed by atoms with E-state index in [1.165, 1.54) is 5.56 Å². The molecule has 3 heteroatoms. The van der Waals surface area contributed by atoms with Crippen molar-refractivity contribution in [2.24, 2.45) is 0 Å². The van der Waals surface area contributed by atoms with Gasteiger partial charge >= 0.3 is 0 Å². The van der Waals surface area contributed by atoms with Gasteiger partial charge in [0.15, 0.2) is 0 Å². The molecule has 0 saturated carbocycles. The van der Waals surface area contributed by atoms with E-state index in [0.717, 1.165) is 36.4 Å². The molecule has 0 bridgehead atoms. The molecular formula is C22H27NO2. The molecule has 3 nitrogen and oxygen atoms in total. The first kappa shape index (κ1) is 18.8. The van der Waals surface area contributed by atoms with E-state index in [4.69, 9.17) is 4.74 Å². The molecule has 25 heavy (non-hydrogen) atoms. The summed E-state index contributed by atoms with van der Waals surface area (Å²) in [6.07, 6.45) is 5.53. The number of ether oxygens (including phenoxy) is 1. The van der Waals surface area contributed by atoms with Gasteiger partial charge < -0.3 is 10.1 Å². The molecule has 0 fully saturated rings. The zero-order valence-electron chi connectivity index (χ0n) is 15.3. The Morgan fingerprint density at radius 1 is 1.08 bits per heavy atom. The lowest BCUT2D eigenvalue weighted by Gasteiger charge is -2.07. The van der Waals surface area contributed by atoms with Crippen molar-refractivity contribution in [1.29, 1.82) is 0 Å². The van der Waals surface area contributed by atoms with Crippen LogP contribution < -0.4 is 10.1 Å². The molecule has 1 amide bonds. The van der Waals surface area contributed by atoms with Crippen LogP contribution in [0.25, 0.3) is 6.08 Å². The summed E-state index contributed by atoms with van der Waals surface area (Å²) in [7, 11) is 0. The highest BCUT2D eigenvalue weighted by Crippen LogP contribution is 2.17. The Morgan fingerprint density at radius 3 is 2.36 bits per heavy atom. The molecule has 0 spiro atoms. The minimum Gasteiger partial charge on any atom is -0.494 e. The van der Waals surface area contributed by atoms with Gasteiger partial charge in [-0.15, -0.1) is 0 Å². The molecule has 0 heterocycles. The maximum absolute atomic E-state index is 12.0. The van der Waals surface area contributed by atoms with E-state index in [9.17, 15) is 4.79 Å². The van der Waals surface area contributed by atoms with Gasteiger partial charge in [0, 0.05) is 11.8 Å². The van der Waals surface area contributed by atoms with Crippen molar-refractivity contribution in [3.05, 3.63) is 65.7 Å². The number of rotatable bonds is 8. The molecule has 0 aromatic heterocycles. The number of carbonyl (C=O) groups excluding carboxylic acids is 1. The second-order valence-corrected chi connectivity index (χ2v) is 6.37. The van der Waals surface area contributed by atoms with Crippen LogP contribution in [0.15, 0.2) is 54.6 Å². The minimum atomic E-state index is -0.146. The summed E-state index contributed by atoms with van der Waals surface area (Å²) < 4.78 is 5.61. The number of unbranched alkanes of at least 4 members (excludes halogenated alkanes) is 1. The zero-order valence-corrected chi connectivity index (χ0v) is 15.3. The molecule has 0 atom stereocenters. The van der Waals surface area contributed by atoms with Crippen LogP contribution >= 0.6 is 0 Å². The van der Waals surface area contributed by atoms with Gasteiger partial charge in [0.05, 0.1) is 6.61 Å². The van der Waals surface area contributed by atoms with E-state index in [-0.39, 0.29) is 5.91 Å². The van der Waals surface area contributed by atoms with Gasteiger partial charge in [-0.1, -0.05) is 51.5 Å². The fourth-order valence-electron chi connectivity index (χ4n) is 2.32. The summed E-state index contributed by atoms with van der Waals surface area (Å²) in [6.45, 7) is 7.19. The van der Waals surface area contributed by atoms with Gasteiger partial charge in [0.1, 0.15) is 5.75 Å². The molecule has 2 aromatic carbocycles. The average Bonchev–Trinajstić information content (AvgIpc) is 2.62. The molecule has 2 rings (SSSR count). The molecule has 0 aliphatic carbocycles. The fraction of sp³-hybridized carbons (Fsp3) is 0.318. The van der Waals surface area contributed by atoms with E-state index in [2.05, 4.69) is 38.2 Å². The Kier molecular flexibility index (Phi) is 7.27. The molecule has 0 aliphatic rings. The van der Waals surface area contributed by atoms with Crippen molar-refractivity contribution in [1.82, 2.24) is 0 Å². The molecule has 0 saturated heterocycles. The Labute approximate surface area is 150 Å². The van der Waals surface area contributed by atoms with E-state index >= 15 is 0 Å². The third-order valence-corrected chi connectivity index (χ3v) is 3.92. The molecule has 0 radical (unpaired) electrons. The monoisotopic (exact) mass is 337 g/mol. The van der Waals surface area contributed by atoms with Crippen LogP contribution in [0.3, 0.4) is 0 Å². The standard InChI is InChI=1S/C22H27NO2/c1-4-5-16-25-21-13-11-20(12-14-21)23-22(24)15-8-18-6-9-19(10-7-18)17(2)3/h6-15,17H,4-5,16H2,1-3H3,(H,23,24). The number of benzene rings is 2. The summed E-state index contributed by atoms with van der Waals surface area (Å²) in [4.78, 5) is 12.0. The number of hydrogen-bond donors (Lipinski definition) is 1. The SMILES string of the molecule is CCCCOc1ccc(NC(=O)C=Cc2ccc(C(C)C)cc2)cc1. The van der Waals surface area contributed by atoms with Crippen molar-refractivity contribution in [2.45, 2.75) is 39.5 Å². The Morgan fingerprint density at radius 2 is 1.76 bits per heavy atom. The van der Waals surface area contributed by atoms with Crippen LogP contribution in [0.4, 0.5) is 5.69 Å². The van der Waals surface area contributed by atoms with Crippen molar-refractivity contribution in [3.63, 3.8) is 0 Å². The lowest BCUT2D eigenvalue weighted by Crippen LogP contribution is -2.07.